The van der Waals surface area contributed by atoms with Crippen LogP contribution in [0, 0.1) is 11.7 Å². The van der Waals surface area contributed by atoms with Crippen LogP contribution in [0.5, 0.6) is 0 Å². The highest BCUT2D eigenvalue weighted by atomic mass is 19.1. The zero-order valence-electron chi connectivity index (χ0n) is 9.87. The molecular weight excluding hydrogens is 219 g/mol. The van der Waals surface area contributed by atoms with Gasteiger partial charge >= 0.3 is 0 Å². The molecule has 4 heteroatoms. The fourth-order valence-electron chi connectivity index (χ4n) is 2.14. The van der Waals surface area contributed by atoms with Gasteiger partial charge in [-0.05, 0) is 37.6 Å². The Bertz CT molecular complexity index is 391. The van der Waals surface area contributed by atoms with Gasteiger partial charge in [-0.2, -0.15) is 0 Å². The van der Waals surface area contributed by atoms with Gasteiger partial charge < -0.3 is 10.6 Å². The van der Waals surface area contributed by atoms with E-state index in [2.05, 4.69) is 10.6 Å². The van der Waals surface area contributed by atoms with Gasteiger partial charge in [-0.1, -0.05) is 12.1 Å². The Hall–Kier alpha value is -1.42. The Kier molecular flexibility index (Phi) is 3.74. The molecule has 92 valence electrons. The summed E-state index contributed by atoms with van der Waals surface area (Å²) in [7, 11) is 0. The first kappa shape index (κ1) is 12.0. The van der Waals surface area contributed by atoms with E-state index in [1.54, 1.807) is 12.1 Å². The van der Waals surface area contributed by atoms with Crippen molar-refractivity contribution in [3.05, 3.63) is 35.6 Å². The maximum absolute atomic E-state index is 12.7. The van der Waals surface area contributed by atoms with E-state index >= 15 is 0 Å². The normalized spacial score (nSPS) is 23.6. The summed E-state index contributed by atoms with van der Waals surface area (Å²) in [5, 5.41) is 6.14. The van der Waals surface area contributed by atoms with Gasteiger partial charge in [0.15, 0.2) is 0 Å². The Balaban J connectivity index is 1.85. The fourth-order valence-corrected chi connectivity index (χ4v) is 2.14. The highest BCUT2D eigenvalue weighted by Gasteiger charge is 2.28. The lowest BCUT2D eigenvalue weighted by Crippen LogP contribution is -2.36. The average Bonchev–Trinajstić information content (AvgIpc) is 2.74. The molecule has 0 spiro atoms. The molecule has 0 aliphatic carbocycles. The maximum Gasteiger partial charge on any atom is 0.224 e. The van der Waals surface area contributed by atoms with Crippen molar-refractivity contribution in [1.29, 1.82) is 0 Å². The third kappa shape index (κ3) is 3.03. The molecule has 3 nitrogen and oxygen atoms in total. The molecule has 2 atom stereocenters. The number of amides is 1. The lowest BCUT2D eigenvalue weighted by atomic mass is 10.0. The summed E-state index contributed by atoms with van der Waals surface area (Å²) < 4.78 is 12.7. The molecule has 2 unspecified atom stereocenters. The lowest BCUT2D eigenvalue weighted by molar-refractivity contribution is -0.125. The molecule has 0 saturated carbocycles. The number of halogens is 1. The van der Waals surface area contributed by atoms with Crippen LogP contribution in [0.15, 0.2) is 24.3 Å². The second kappa shape index (κ2) is 5.27. The van der Waals surface area contributed by atoms with Crippen molar-refractivity contribution >= 4 is 5.91 Å². The SMILES string of the molecule is CC1NCCC1C(=O)NCc1ccc(F)cc1. The number of hydrogen-bond donors (Lipinski definition) is 2. The number of carbonyl (C=O) groups is 1. The predicted molar refractivity (Wildman–Crippen MR) is 63.8 cm³/mol. The van der Waals surface area contributed by atoms with Crippen LogP contribution < -0.4 is 10.6 Å². The molecule has 0 radical (unpaired) electrons. The molecule has 1 fully saturated rings. The smallest absolute Gasteiger partial charge is 0.224 e. The summed E-state index contributed by atoms with van der Waals surface area (Å²) in [5.74, 6) is -0.129. The Morgan fingerprint density at radius 2 is 2.18 bits per heavy atom. The van der Waals surface area contributed by atoms with E-state index in [-0.39, 0.29) is 23.7 Å². The molecule has 2 N–H and O–H groups in total. The Labute approximate surface area is 100 Å². The van der Waals surface area contributed by atoms with Crippen LogP contribution in [0.25, 0.3) is 0 Å². The van der Waals surface area contributed by atoms with Gasteiger partial charge in [0.05, 0.1) is 5.92 Å². The summed E-state index contributed by atoms with van der Waals surface area (Å²) >= 11 is 0. The van der Waals surface area contributed by atoms with Crippen LogP contribution in [0.2, 0.25) is 0 Å². The summed E-state index contributed by atoms with van der Waals surface area (Å²) in [6.45, 7) is 3.38. The van der Waals surface area contributed by atoms with Crippen LogP contribution in [-0.4, -0.2) is 18.5 Å². The minimum Gasteiger partial charge on any atom is -0.352 e. The summed E-state index contributed by atoms with van der Waals surface area (Å²) in [4.78, 5) is 11.9. The largest absolute Gasteiger partial charge is 0.352 e. The van der Waals surface area contributed by atoms with E-state index in [4.69, 9.17) is 0 Å². The molecule has 1 aliphatic heterocycles. The fraction of sp³-hybridized carbons (Fsp3) is 0.462. The topological polar surface area (TPSA) is 41.1 Å². The van der Waals surface area contributed by atoms with Crippen molar-refractivity contribution in [3.8, 4) is 0 Å². The van der Waals surface area contributed by atoms with Crippen molar-refractivity contribution in [2.75, 3.05) is 6.54 Å². The minimum absolute atomic E-state index is 0.0513. The van der Waals surface area contributed by atoms with Gasteiger partial charge in [-0.15, -0.1) is 0 Å². The second-order valence-corrected chi connectivity index (χ2v) is 4.48. The molecule has 0 aromatic heterocycles. The molecule has 2 rings (SSSR count). The van der Waals surface area contributed by atoms with Crippen molar-refractivity contribution in [3.63, 3.8) is 0 Å². The average molecular weight is 236 g/mol. The van der Waals surface area contributed by atoms with Gasteiger partial charge in [-0.25, -0.2) is 4.39 Å². The van der Waals surface area contributed by atoms with E-state index in [9.17, 15) is 9.18 Å². The van der Waals surface area contributed by atoms with Crippen molar-refractivity contribution < 1.29 is 9.18 Å². The Morgan fingerprint density at radius 3 is 2.76 bits per heavy atom. The number of hydrogen-bond acceptors (Lipinski definition) is 2. The van der Waals surface area contributed by atoms with Crippen LogP contribution >= 0.6 is 0 Å². The number of rotatable bonds is 3. The van der Waals surface area contributed by atoms with Crippen molar-refractivity contribution in [2.45, 2.75) is 25.9 Å². The molecule has 0 bridgehead atoms. The van der Waals surface area contributed by atoms with E-state index in [0.29, 0.717) is 6.54 Å². The summed E-state index contributed by atoms with van der Waals surface area (Å²) in [6.07, 6.45) is 0.885. The van der Waals surface area contributed by atoms with Crippen LogP contribution in [0.4, 0.5) is 4.39 Å². The predicted octanol–water partition coefficient (Wildman–Crippen LogP) is 1.44. The third-order valence-electron chi connectivity index (χ3n) is 3.24. The molecule has 1 saturated heterocycles. The highest BCUT2D eigenvalue weighted by molar-refractivity contribution is 5.79. The van der Waals surface area contributed by atoms with Gasteiger partial charge in [0.1, 0.15) is 5.82 Å². The molecule has 1 aromatic rings. The van der Waals surface area contributed by atoms with Gasteiger partial charge in [-0.3, -0.25) is 4.79 Å². The van der Waals surface area contributed by atoms with Gasteiger partial charge in [0.25, 0.3) is 0 Å². The zero-order valence-corrected chi connectivity index (χ0v) is 9.87. The van der Waals surface area contributed by atoms with Crippen LogP contribution in [0.1, 0.15) is 18.9 Å². The molecule has 1 amide bonds. The first-order chi connectivity index (χ1) is 8.16. The Morgan fingerprint density at radius 1 is 1.47 bits per heavy atom. The first-order valence-corrected chi connectivity index (χ1v) is 5.92. The number of nitrogens with one attached hydrogen (secondary N) is 2. The third-order valence-corrected chi connectivity index (χ3v) is 3.24. The minimum atomic E-state index is -0.256. The monoisotopic (exact) mass is 236 g/mol. The van der Waals surface area contributed by atoms with Crippen LogP contribution in [-0.2, 0) is 11.3 Å². The first-order valence-electron chi connectivity index (χ1n) is 5.92. The summed E-state index contributed by atoms with van der Waals surface area (Å²) in [5.41, 5.74) is 0.915. The molecule has 1 aromatic carbocycles. The van der Waals surface area contributed by atoms with Gasteiger partial charge in [0, 0.05) is 12.6 Å². The molecule has 17 heavy (non-hydrogen) atoms. The standard InChI is InChI=1S/C13H17FN2O/c1-9-12(6-7-15-9)13(17)16-8-10-2-4-11(14)5-3-10/h2-5,9,12,15H,6-8H2,1H3,(H,16,17). The van der Waals surface area contributed by atoms with Crippen LogP contribution in [0.3, 0.4) is 0 Å². The molecular formula is C13H17FN2O. The van der Waals surface area contributed by atoms with E-state index in [0.717, 1.165) is 18.5 Å². The second-order valence-electron chi connectivity index (χ2n) is 4.48. The zero-order chi connectivity index (χ0) is 12.3. The highest BCUT2D eigenvalue weighted by Crippen LogP contribution is 2.15. The van der Waals surface area contributed by atoms with Crippen molar-refractivity contribution in [1.82, 2.24) is 10.6 Å². The number of benzene rings is 1. The van der Waals surface area contributed by atoms with Gasteiger partial charge in [0.2, 0.25) is 5.91 Å². The lowest BCUT2D eigenvalue weighted by Gasteiger charge is -2.14. The quantitative estimate of drug-likeness (QED) is 0.833. The van der Waals surface area contributed by atoms with E-state index in [1.807, 2.05) is 6.92 Å². The maximum atomic E-state index is 12.7. The van der Waals surface area contributed by atoms with E-state index < -0.39 is 0 Å². The summed E-state index contributed by atoms with van der Waals surface area (Å²) in [6, 6.07) is 6.42. The number of carbonyl (C=O) groups excluding carboxylic acids is 1. The molecule has 1 heterocycles. The van der Waals surface area contributed by atoms with Crippen molar-refractivity contribution in [2.24, 2.45) is 5.92 Å². The molecule has 1 aliphatic rings. The van der Waals surface area contributed by atoms with E-state index in [1.165, 1.54) is 12.1 Å².